The van der Waals surface area contributed by atoms with Gasteiger partial charge >= 0.3 is 5.97 Å². The SMILES string of the molecule is COC(=O)c1ccncc1NC[C@@H]1CCCc2cc(N(C)c3ccc(N4CC(F)(F)C4)cc3)ccc21. The molecule has 1 atom stereocenters. The number of hydrogen-bond acceptors (Lipinski definition) is 6. The summed E-state index contributed by atoms with van der Waals surface area (Å²) >= 11 is 0. The molecule has 0 saturated carbocycles. The summed E-state index contributed by atoms with van der Waals surface area (Å²) in [7, 11) is 3.40. The van der Waals surface area contributed by atoms with Crippen molar-refractivity contribution in [2.45, 2.75) is 31.1 Å². The van der Waals surface area contributed by atoms with E-state index in [1.165, 1.54) is 18.2 Å². The van der Waals surface area contributed by atoms with Gasteiger partial charge in [-0.3, -0.25) is 4.98 Å². The molecule has 36 heavy (non-hydrogen) atoms. The number of fused-ring (bicyclic) bond motifs is 1. The van der Waals surface area contributed by atoms with Crippen LogP contribution < -0.4 is 15.1 Å². The van der Waals surface area contributed by atoms with Gasteiger partial charge < -0.3 is 19.9 Å². The van der Waals surface area contributed by atoms with E-state index in [9.17, 15) is 13.6 Å². The molecule has 0 radical (unpaired) electrons. The summed E-state index contributed by atoms with van der Waals surface area (Å²) in [6.07, 6.45) is 6.43. The van der Waals surface area contributed by atoms with E-state index in [2.05, 4.69) is 33.4 Å². The zero-order valence-corrected chi connectivity index (χ0v) is 20.5. The molecule has 0 spiro atoms. The second-order valence-electron chi connectivity index (χ2n) is 9.55. The first-order chi connectivity index (χ1) is 17.3. The van der Waals surface area contributed by atoms with Gasteiger partial charge in [-0.05, 0) is 72.9 Å². The Kier molecular flexibility index (Phi) is 6.51. The Morgan fingerprint density at radius 3 is 2.64 bits per heavy atom. The number of methoxy groups -OCH3 is 1. The molecule has 0 amide bonds. The topological polar surface area (TPSA) is 57.7 Å². The number of rotatable bonds is 7. The molecule has 2 aromatic carbocycles. The summed E-state index contributed by atoms with van der Waals surface area (Å²) in [5.41, 5.74) is 6.73. The van der Waals surface area contributed by atoms with Crippen LogP contribution in [0, 0.1) is 0 Å². The molecular weight excluding hydrogens is 462 g/mol. The maximum atomic E-state index is 13.2. The van der Waals surface area contributed by atoms with Crippen LogP contribution in [0.15, 0.2) is 60.9 Å². The molecule has 2 aliphatic rings. The van der Waals surface area contributed by atoms with Gasteiger partial charge in [0.15, 0.2) is 0 Å². The Labute approximate surface area is 209 Å². The molecule has 1 N–H and O–H groups in total. The lowest BCUT2D eigenvalue weighted by atomic mass is 9.82. The first-order valence-corrected chi connectivity index (χ1v) is 12.2. The first-order valence-electron chi connectivity index (χ1n) is 12.2. The summed E-state index contributed by atoms with van der Waals surface area (Å²) in [6.45, 7) is 0.274. The molecule has 8 heteroatoms. The summed E-state index contributed by atoms with van der Waals surface area (Å²) in [6, 6.07) is 16.0. The Bertz CT molecular complexity index is 1240. The highest BCUT2D eigenvalue weighted by atomic mass is 19.3. The van der Waals surface area contributed by atoms with Gasteiger partial charge in [-0.1, -0.05) is 6.07 Å². The molecule has 1 saturated heterocycles. The molecule has 0 unspecified atom stereocenters. The van der Waals surface area contributed by atoms with Crippen LogP contribution in [0.3, 0.4) is 0 Å². The van der Waals surface area contributed by atoms with Crippen molar-refractivity contribution >= 4 is 28.7 Å². The summed E-state index contributed by atoms with van der Waals surface area (Å²) in [4.78, 5) is 20.0. The van der Waals surface area contributed by atoms with E-state index in [1.54, 1.807) is 23.4 Å². The molecule has 1 aromatic heterocycles. The number of carbonyl (C=O) groups excluding carboxylic acids is 1. The Morgan fingerprint density at radius 2 is 1.92 bits per heavy atom. The smallest absolute Gasteiger partial charge is 0.340 e. The lowest BCUT2D eigenvalue weighted by Gasteiger charge is -2.40. The van der Waals surface area contributed by atoms with Crippen LogP contribution in [0.1, 0.15) is 40.2 Å². The molecule has 2 heterocycles. The quantitative estimate of drug-likeness (QED) is 0.432. The first kappa shape index (κ1) is 24.0. The number of alkyl halides is 2. The largest absolute Gasteiger partial charge is 0.465 e. The van der Waals surface area contributed by atoms with Gasteiger partial charge in [0.2, 0.25) is 0 Å². The van der Waals surface area contributed by atoms with Crippen molar-refractivity contribution in [1.29, 1.82) is 0 Å². The third kappa shape index (κ3) is 4.85. The minimum absolute atomic E-state index is 0.214. The van der Waals surface area contributed by atoms with Gasteiger partial charge in [-0.25, -0.2) is 13.6 Å². The van der Waals surface area contributed by atoms with Crippen LogP contribution in [0.25, 0.3) is 0 Å². The van der Waals surface area contributed by atoms with E-state index >= 15 is 0 Å². The highest BCUT2D eigenvalue weighted by Crippen LogP contribution is 2.37. The van der Waals surface area contributed by atoms with Crippen LogP contribution in [0.5, 0.6) is 0 Å². The lowest BCUT2D eigenvalue weighted by Crippen LogP contribution is -2.56. The van der Waals surface area contributed by atoms with Crippen molar-refractivity contribution < 1.29 is 18.3 Å². The number of aryl methyl sites for hydroxylation is 1. The molecular formula is C28H30F2N4O2. The number of pyridine rings is 1. The fourth-order valence-electron chi connectivity index (χ4n) is 5.11. The third-order valence-corrected chi connectivity index (χ3v) is 7.16. The van der Waals surface area contributed by atoms with Crippen molar-refractivity contribution in [3.63, 3.8) is 0 Å². The van der Waals surface area contributed by atoms with Crippen molar-refractivity contribution in [3.8, 4) is 0 Å². The maximum absolute atomic E-state index is 13.2. The standard InChI is InChI=1S/C28H30F2N4O2/c1-33(21-6-8-22(9-7-21)34-17-28(29,30)18-34)23-10-11-24-19(14-23)4-3-5-20(24)15-32-26-16-31-13-12-25(26)27(35)36-2/h6-14,16,20,32H,3-5,15,17-18H2,1-2H3/t20-/m0/s1. The Balaban J connectivity index is 1.28. The van der Waals surface area contributed by atoms with Crippen molar-refractivity contribution in [2.75, 3.05) is 48.9 Å². The molecule has 0 bridgehead atoms. The number of hydrogen-bond donors (Lipinski definition) is 1. The normalized spacial score (nSPS) is 18.1. The lowest BCUT2D eigenvalue weighted by molar-refractivity contribution is -0.0262. The molecule has 1 fully saturated rings. The molecule has 1 aliphatic carbocycles. The molecule has 188 valence electrons. The van der Waals surface area contributed by atoms with Crippen LogP contribution >= 0.6 is 0 Å². The van der Waals surface area contributed by atoms with Gasteiger partial charge in [-0.15, -0.1) is 0 Å². The molecule has 5 rings (SSSR count). The van der Waals surface area contributed by atoms with Crippen LogP contribution in [-0.4, -0.2) is 50.7 Å². The molecule has 1 aliphatic heterocycles. The van der Waals surface area contributed by atoms with E-state index in [0.717, 1.165) is 36.3 Å². The zero-order valence-electron chi connectivity index (χ0n) is 20.5. The maximum Gasteiger partial charge on any atom is 0.340 e. The van der Waals surface area contributed by atoms with Gasteiger partial charge in [0.1, 0.15) is 0 Å². The number of anilines is 4. The van der Waals surface area contributed by atoms with E-state index in [1.807, 2.05) is 31.3 Å². The van der Waals surface area contributed by atoms with Crippen LogP contribution in [-0.2, 0) is 11.2 Å². The average Bonchev–Trinajstić information content (AvgIpc) is 2.89. The van der Waals surface area contributed by atoms with Gasteiger partial charge in [0, 0.05) is 42.8 Å². The van der Waals surface area contributed by atoms with E-state index < -0.39 is 5.92 Å². The third-order valence-electron chi connectivity index (χ3n) is 7.16. The highest BCUT2D eigenvalue weighted by Gasteiger charge is 2.43. The monoisotopic (exact) mass is 492 g/mol. The number of aromatic nitrogens is 1. The van der Waals surface area contributed by atoms with E-state index in [4.69, 9.17) is 4.74 Å². The predicted molar refractivity (Wildman–Crippen MR) is 138 cm³/mol. The Morgan fingerprint density at radius 1 is 1.17 bits per heavy atom. The van der Waals surface area contributed by atoms with E-state index in [-0.39, 0.29) is 19.1 Å². The molecule has 3 aromatic rings. The van der Waals surface area contributed by atoms with Crippen LogP contribution in [0.4, 0.5) is 31.5 Å². The second kappa shape index (κ2) is 9.76. The summed E-state index contributed by atoms with van der Waals surface area (Å²) in [5.74, 6) is -2.63. The predicted octanol–water partition coefficient (Wildman–Crippen LogP) is 5.62. The number of ether oxygens (including phenoxy) is 1. The Hall–Kier alpha value is -3.68. The fraction of sp³-hybridized carbons (Fsp3) is 0.357. The van der Waals surface area contributed by atoms with Gasteiger partial charge in [0.25, 0.3) is 5.92 Å². The summed E-state index contributed by atoms with van der Waals surface area (Å²) in [5, 5.41) is 3.41. The fourth-order valence-corrected chi connectivity index (χ4v) is 5.11. The van der Waals surface area contributed by atoms with Crippen molar-refractivity contribution in [3.05, 3.63) is 77.6 Å². The van der Waals surface area contributed by atoms with E-state index in [0.29, 0.717) is 23.7 Å². The number of halogens is 2. The number of carbonyl (C=O) groups is 1. The summed E-state index contributed by atoms with van der Waals surface area (Å²) < 4.78 is 31.3. The molecule has 6 nitrogen and oxygen atoms in total. The number of nitrogens with one attached hydrogen (secondary N) is 1. The van der Waals surface area contributed by atoms with Gasteiger partial charge in [0.05, 0.1) is 37.6 Å². The number of esters is 1. The highest BCUT2D eigenvalue weighted by molar-refractivity contribution is 5.95. The average molecular weight is 493 g/mol. The van der Waals surface area contributed by atoms with Crippen molar-refractivity contribution in [1.82, 2.24) is 4.98 Å². The zero-order chi connectivity index (χ0) is 25.3. The second-order valence-corrected chi connectivity index (χ2v) is 9.55. The number of benzene rings is 2. The van der Waals surface area contributed by atoms with Crippen LogP contribution in [0.2, 0.25) is 0 Å². The van der Waals surface area contributed by atoms with Gasteiger partial charge in [-0.2, -0.15) is 0 Å². The van der Waals surface area contributed by atoms with Crippen molar-refractivity contribution in [2.24, 2.45) is 0 Å². The minimum atomic E-state index is -2.58. The minimum Gasteiger partial charge on any atom is -0.465 e. The number of nitrogens with zero attached hydrogens (tertiary/aromatic N) is 3.